The van der Waals surface area contributed by atoms with E-state index in [-0.39, 0.29) is 30.1 Å². The number of carboxylic acid groups (broad SMARTS) is 1. The van der Waals surface area contributed by atoms with Gasteiger partial charge in [-0.3, -0.25) is 19.2 Å². The largest absolute Gasteiger partial charge is 0.484 e. The maximum atomic E-state index is 14.1. The molecule has 52 heavy (non-hydrogen) atoms. The fourth-order valence-electron chi connectivity index (χ4n) is 5.81. The van der Waals surface area contributed by atoms with Crippen molar-refractivity contribution in [1.82, 2.24) is 21.3 Å². The minimum Gasteiger partial charge on any atom is -0.484 e. The van der Waals surface area contributed by atoms with E-state index in [9.17, 15) is 42.3 Å². The van der Waals surface area contributed by atoms with E-state index in [2.05, 4.69) is 21.3 Å². The molecule has 5 atom stereocenters. The predicted molar refractivity (Wildman–Crippen MR) is 186 cm³/mol. The molecular formula is C37H37F3N4O7S. The molecule has 3 aromatic rings. The number of benzene rings is 3. The molecule has 1 unspecified atom stereocenters. The van der Waals surface area contributed by atoms with Crippen LogP contribution in [0.5, 0.6) is 5.75 Å². The van der Waals surface area contributed by atoms with Gasteiger partial charge >= 0.3 is 12.1 Å². The van der Waals surface area contributed by atoms with Gasteiger partial charge in [-0.1, -0.05) is 66.7 Å². The average Bonchev–Trinajstić information content (AvgIpc) is 3.63. The molecule has 15 heteroatoms. The van der Waals surface area contributed by atoms with Crippen LogP contribution in [0.4, 0.5) is 13.2 Å². The zero-order valence-corrected chi connectivity index (χ0v) is 28.5. The van der Waals surface area contributed by atoms with Crippen molar-refractivity contribution in [2.45, 2.75) is 67.7 Å². The summed E-state index contributed by atoms with van der Waals surface area (Å²) >= 11 is 1.47. The molecule has 3 aliphatic heterocycles. The highest BCUT2D eigenvalue weighted by atomic mass is 32.2. The van der Waals surface area contributed by atoms with Crippen LogP contribution in [-0.4, -0.2) is 70.7 Å². The van der Waals surface area contributed by atoms with Crippen LogP contribution in [-0.2, 0) is 49.4 Å². The molecule has 0 aromatic heterocycles. The van der Waals surface area contributed by atoms with Gasteiger partial charge in [0, 0.05) is 24.5 Å². The van der Waals surface area contributed by atoms with Gasteiger partial charge in [0.2, 0.25) is 17.7 Å². The number of hydrogen-bond donors (Lipinski definition) is 5. The van der Waals surface area contributed by atoms with E-state index < -0.39 is 78.5 Å². The average molecular weight is 739 g/mol. The Bertz CT molecular complexity index is 1780. The Balaban J connectivity index is 1.51. The number of nitrogens with one attached hydrogen (secondary N) is 4. The van der Waals surface area contributed by atoms with Crippen molar-refractivity contribution in [3.63, 3.8) is 0 Å². The molecule has 6 rings (SSSR count). The number of hydrogen-bond acceptors (Lipinski definition) is 7. The van der Waals surface area contributed by atoms with Crippen LogP contribution < -0.4 is 26.0 Å². The second kappa shape index (κ2) is 17.3. The van der Waals surface area contributed by atoms with Crippen molar-refractivity contribution < 1.29 is 47.0 Å². The molecule has 0 fully saturated rings. The van der Waals surface area contributed by atoms with Crippen LogP contribution >= 0.6 is 11.8 Å². The number of thioether (sulfide) groups is 1. The summed E-state index contributed by atoms with van der Waals surface area (Å²) in [4.78, 5) is 67.1. The van der Waals surface area contributed by atoms with E-state index in [1.165, 1.54) is 23.9 Å². The Hall–Kier alpha value is -5.31. The molecule has 3 heterocycles. The van der Waals surface area contributed by atoms with Gasteiger partial charge < -0.3 is 31.1 Å². The van der Waals surface area contributed by atoms with Crippen LogP contribution in [0.25, 0.3) is 0 Å². The third-order valence-electron chi connectivity index (χ3n) is 8.51. The lowest BCUT2D eigenvalue weighted by Crippen LogP contribution is -2.59. The van der Waals surface area contributed by atoms with Gasteiger partial charge in [0.25, 0.3) is 5.91 Å². The van der Waals surface area contributed by atoms with Crippen molar-refractivity contribution >= 4 is 41.4 Å². The minimum atomic E-state index is -4.68. The molecule has 11 nitrogen and oxygen atoms in total. The number of alkyl halides is 3. The number of halogens is 3. The number of fused-ring (bicyclic) bond motifs is 16. The SMILES string of the molecule is O=C1COc2ccc(cc2)C[C@@H](C(=O)O)NC(=O)[C@H](Cc2ccccc2)NC(=O)[C@H](Cc2cccc(C(F)(F)F)c2)NC(=O)[C@H](CC2CC=CS2)N1. The summed E-state index contributed by atoms with van der Waals surface area (Å²) in [5.74, 6) is -4.19. The summed E-state index contributed by atoms with van der Waals surface area (Å²) in [6.07, 6.45) is -2.59. The van der Waals surface area contributed by atoms with E-state index in [1.807, 2.05) is 11.5 Å². The summed E-state index contributed by atoms with van der Waals surface area (Å²) < 4.78 is 46.5. The lowest BCUT2D eigenvalue weighted by Gasteiger charge is -2.27. The van der Waals surface area contributed by atoms with Crippen LogP contribution in [0.2, 0.25) is 0 Å². The maximum Gasteiger partial charge on any atom is 0.416 e. The molecular weight excluding hydrogens is 701 g/mol. The number of amides is 4. The first-order valence-electron chi connectivity index (χ1n) is 16.5. The molecule has 274 valence electrons. The Morgan fingerprint density at radius 3 is 2.06 bits per heavy atom. The lowest BCUT2D eigenvalue weighted by molar-refractivity contribution is -0.142. The highest BCUT2D eigenvalue weighted by molar-refractivity contribution is 8.03. The molecule has 0 aliphatic carbocycles. The topological polar surface area (TPSA) is 163 Å². The third-order valence-corrected chi connectivity index (χ3v) is 9.63. The Morgan fingerprint density at radius 2 is 1.42 bits per heavy atom. The van der Waals surface area contributed by atoms with Gasteiger partial charge in [-0.25, -0.2) is 4.79 Å². The Kier molecular flexibility index (Phi) is 12.6. The Morgan fingerprint density at radius 1 is 0.788 bits per heavy atom. The van der Waals surface area contributed by atoms with Gasteiger partial charge in [0.15, 0.2) is 6.61 Å². The van der Waals surface area contributed by atoms with E-state index in [0.29, 0.717) is 23.3 Å². The number of carbonyl (C=O) groups excluding carboxylic acids is 4. The fraction of sp³-hybridized carbons (Fsp3) is 0.324. The predicted octanol–water partition coefficient (Wildman–Crippen LogP) is 3.56. The van der Waals surface area contributed by atoms with Gasteiger partial charge in [0.05, 0.1) is 5.56 Å². The molecule has 3 aromatic carbocycles. The number of carbonyl (C=O) groups is 5. The summed E-state index contributed by atoms with van der Waals surface area (Å²) in [6, 6.07) is 13.7. The molecule has 0 radical (unpaired) electrons. The van der Waals surface area contributed by atoms with Crippen LogP contribution in [0, 0.1) is 0 Å². The molecule has 4 amide bonds. The molecule has 0 saturated carbocycles. The summed E-state index contributed by atoms with van der Waals surface area (Å²) in [5, 5.41) is 22.2. The monoisotopic (exact) mass is 738 g/mol. The van der Waals surface area contributed by atoms with Crippen molar-refractivity contribution in [3.8, 4) is 5.75 Å². The van der Waals surface area contributed by atoms with Crippen LogP contribution in [0.1, 0.15) is 35.1 Å². The van der Waals surface area contributed by atoms with Crippen molar-refractivity contribution in [2.24, 2.45) is 0 Å². The number of rotatable bonds is 7. The maximum absolute atomic E-state index is 14.1. The van der Waals surface area contributed by atoms with Crippen molar-refractivity contribution in [2.75, 3.05) is 6.61 Å². The van der Waals surface area contributed by atoms with Crippen molar-refractivity contribution in [1.29, 1.82) is 0 Å². The normalized spacial score (nSPS) is 23.2. The van der Waals surface area contributed by atoms with Gasteiger partial charge in [-0.2, -0.15) is 13.2 Å². The first-order valence-corrected chi connectivity index (χ1v) is 17.4. The molecule has 0 spiro atoms. The first-order chi connectivity index (χ1) is 24.8. The van der Waals surface area contributed by atoms with Gasteiger partial charge in [0.1, 0.15) is 29.9 Å². The molecule has 2 bridgehead atoms. The number of aliphatic carboxylic acids is 1. The smallest absolute Gasteiger partial charge is 0.416 e. The van der Waals surface area contributed by atoms with E-state index in [1.54, 1.807) is 54.6 Å². The van der Waals surface area contributed by atoms with Gasteiger partial charge in [-0.05, 0) is 53.1 Å². The Labute approximate surface area is 301 Å². The summed E-state index contributed by atoms with van der Waals surface area (Å²) in [5.41, 5.74) is 0.258. The quantitative estimate of drug-likeness (QED) is 0.230. The van der Waals surface area contributed by atoms with Crippen LogP contribution in [0.3, 0.4) is 0 Å². The first kappa shape index (κ1) is 37.9. The molecule has 5 N–H and O–H groups in total. The lowest BCUT2D eigenvalue weighted by atomic mass is 9.99. The zero-order chi connectivity index (χ0) is 37.3. The van der Waals surface area contributed by atoms with Crippen molar-refractivity contribution in [3.05, 3.63) is 113 Å². The highest BCUT2D eigenvalue weighted by Crippen LogP contribution is 2.30. The number of carboxylic acids is 1. The molecule has 0 saturated heterocycles. The number of allylic oxidation sites excluding steroid dienone is 1. The second-order valence-corrected chi connectivity index (χ2v) is 13.7. The summed E-state index contributed by atoms with van der Waals surface area (Å²) in [7, 11) is 0. The van der Waals surface area contributed by atoms with Gasteiger partial charge in [-0.15, -0.1) is 11.8 Å². The summed E-state index contributed by atoms with van der Waals surface area (Å²) in [6.45, 7) is -0.470. The standard InChI is InChI=1S/C37H37F3N4O7S/c38-37(39,40)25-9-4-8-24(16-25)19-29-33(46)42-28(17-22-6-2-1-3-7-22)34(47)44-31(36(49)50)18-23-11-13-26(14-12-23)51-21-32(45)41-30(35(48)43-29)20-27-10-5-15-52-27/h1-9,11-16,27-31H,10,17-21H2,(H,41,45)(H,42,46)(H,43,48)(H,44,47)(H,49,50)/t27?,28-,29-,30-,31-/m0/s1. The third kappa shape index (κ3) is 10.8. The van der Waals surface area contributed by atoms with E-state index >= 15 is 0 Å². The minimum absolute atomic E-state index is 0.0673. The van der Waals surface area contributed by atoms with E-state index in [4.69, 9.17) is 4.74 Å². The second-order valence-electron chi connectivity index (χ2n) is 12.5. The molecule has 3 aliphatic rings. The van der Waals surface area contributed by atoms with Crippen LogP contribution in [0.15, 0.2) is 90.3 Å². The fourth-order valence-corrected chi connectivity index (χ4v) is 6.78. The van der Waals surface area contributed by atoms with E-state index in [0.717, 1.165) is 12.1 Å². The number of ether oxygens (including phenoxy) is 1. The zero-order valence-electron chi connectivity index (χ0n) is 27.7. The highest BCUT2D eigenvalue weighted by Gasteiger charge is 2.34.